The first kappa shape index (κ1) is 14.1. The summed E-state index contributed by atoms with van der Waals surface area (Å²) in [5, 5.41) is 2.88. The second-order valence-corrected chi connectivity index (χ2v) is 4.96. The highest BCUT2D eigenvalue weighted by Crippen LogP contribution is 2.18. The first-order valence-electron chi connectivity index (χ1n) is 6.65. The van der Waals surface area contributed by atoms with Gasteiger partial charge in [-0.05, 0) is 47.9 Å². The maximum Gasteiger partial charge on any atom is 0.255 e. The molecular weight excluding hydrogens is 250 g/mol. The molecule has 0 saturated carbocycles. The number of methoxy groups -OCH3 is 1. The molecule has 1 N–H and O–H groups in total. The molecule has 0 spiro atoms. The fraction of sp³-hybridized carbons (Fsp3) is 0.235. The Morgan fingerprint density at radius 2 is 1.60 bits per heavy atom. The molecule has 20 heavy (non-hydrogen) atoms. The molecule has 0 aliphatic rings. The summed E-state index contributed by atoms with van der Waals surface area (Å²) >= 11 is 0. The molecule has 0 bridgehead atoms. The Bertz CT molecular complexity index is 571. The van der Waals surface area contributed by atoms with Crippen LogP contribution in [-0.4, -0.2) is 13.0 Å². The summed E-state index contributed by atoms with van der Waals surface area (Å²) in [7, 11) is 1.60. The number of hydrogen-bond donors (Lipinski definition) is 1. The molecule has 0 saturated heterocycles. The maximum absolute atomic E-state index is 12.1. The van der Waals surface area contributed by atoms with E-state index in [0.29, 0.717) is 11.5 Å². The van der Waals surface area contributed by atoms with Gasteiger partial charge in [0.1, 0.15) is 5.75 Å². The van der Waals surface area contributed by atoms with Crippen molar-refractivity contribution in [3.05, 3.63) is 59.7 Å². The molecule has 0 unspecified atom stereocenters. The number of amides is 1. The lowest BCUT2D eigenvalue weighted by Gasteiger charge is -2.09. The highest BCUT2D eigenvalue weighted by molar-refractivity contribution is 6.04. The van der Waals surface area contributed by atoms with Crippen LogP contribution >= 0.6 is 0 Å². The lowest BCUT2D eigenvalue weighted by Crippen LogP contribution is -2.11. The predicted octanol–water partition coefficient (Wildman–Crippen LogP) is 4.07. The molecule has 3 nitrogen and oxygen atoms in total. The van der Waals surface area contributed by atoms with E-state index in [-0.39, 0.29) is 5.91 Å². The molecule has 2 rings (SSSR count). The minimum atomic E-state index is -0.120. The lowest BCUT2D eigenvalue weighted by atomic mass is 10.0. The van der Waals surface area contributed by atoms with Crippen LogP contribution in [0.4, 0.5) is 5.69 Å². The zero-order chi connectivity index (χ0) is 14.5. The van der Waals surface area contributed by atoms with E-state index in [1.807, 2.05) is 24.3 Å². The molecule has 0 aromatic heterocycles. The summed E-state index contributed by atoms with van der Waals surface area (Å²) in [6, 6.07) is 15.0. The van der Waals surface area contributed by atoms with Gasteiger partial charge in [0, 0.05) is 11.3 Å². The van der Waals surface area contributed by atoms with Crippen LogP contribution in [0.5, 0.6) is 5.75 Å². The van der Waals surface area contributed by atoms with Crippen molar-refractivity contribution >= 4 is 11.6 Å². The Hall–Kier alpha value is -2.29. The average Bonchev–Trinajstić information content (AvgIpc) is 2.48. The molecule has 0 radical (unpaired) electrons. The second kappa shape index (κ2) is 6.24. The van der Waals surface area contributed by atoms with Crippen molar-refractivity contribution in [2.45, 2.75) is 19.8 Å². The van der Waals surface area contributed by atoms with Gasteiger partial charge in [-0.25, -0.2) is 0 Å². The van der Waals surface area contributed by atoms with E-state index in [9.17, 15) is 4.79 Å². The number of ether oxygens (including phenoxy) is 1. The summed E-state index contributed by atoms with van der Waals surface area (Å²) in [6.07, 6.45) is 0. The minimum absolute atomic E-state index is 0.120. The zero-order valence-electron chi connectivity index (χ0n) is 12.0. The number of carbonyl (C=O) groups excluding carboxylic acids is 1. The first-order chi connectivity index (χ1) is 9.60. The number of benzene rings is 2. The topological polar surface area (TPSA) is 38.3 Å². The van der Waals surface area contributed by atoms with Crippen molar-refractivity contribution in [3.63, 3.8) is 0 Å². The van der Waals surface area contributed by atoms with Crippen molar-refractivity contribution in [2.24, 2.45) is 0 Å². The Morgan fingerprint density at radius 3 is 2.10 bits per heavy atom. The van der Waals surface area contributed by atoms with Crippen LogP contribution in [0.2, 0.25) is 0 Å². The van der Waals surface area contributed by atoms with Gasteiger partial charge < -0.3 is 10.1 Å². The summed E-state index contributed by atoms with van der Waals surface area (Å²) in [5.74, 6) is 1.11. The average molecular weight is 269 g/mol. The van der Waals surface area contributed by atoms with Crippen molar-refractivity contribution in [1.29, 1.82) is 0 Å². The molecular formula is C17H19NO2. The van der Waals surface area contributed by atoms with Crippen molar-refractivity contribution in [1.82, 2.24) is 0 Å². The molecule has 0 atom stereocenters. The summed E-state index contributed by atoms with van der Waals surface area (Å²) < 4.78 is 5.07. The van der Waals surface area contributed by atoms with E-state index >= 15 is 0 Å². The third-order valence-corrected chi connectivity index (χ3v) is 3.19. The quantitative estimate of drug-likeness (QED) is 0.908. The Kier molecular flexibility index (Phi) is 4.41. The van der Waals surface area contributed by atoms with Gasteiger partial charge in [-0.15, -0.1) is 0 Å². The van der Waals surface area contributed by atoms with Crippen LogP contribution in [-0.2, 0) is 0 Å². The standard InChI is InChI=1S/C17H19NO2/c1-12(2)13-4-8-15(9-5-13)18-17(19)14-6-10-16(20-3)11-7-14/h4-12H,1-3H3,(H,18,19). The molecule has 1 amide bonds. The molecule has 0 aliphatic heterocycles. The smallest absolute Gasteiger partial charge is 0.255 e. The van der Waals surface area contributed by atoms with Crippen LogP contribution < -0.4 is 10.1 Å². The van der Waals surface area contributed by atoms with Gasteiger partial charge in [0.2, 0.25) is 0 Å². The molecule has 3 heteroatoms. The number of carbonyl (C=O) groups is 1. The van der Waals surface area contributed by atoms with Gasteiger partial charge in [0.25, 0.3) is 5.91 Å². The molecule has 0 aliphatic carbocycles. The normalized spacial score (nSPS) is 10.4. The third-order valence-electron chi connectivity index (χ3n) is 3.19. The van der Waals surface area contributed by atoms with E-state index in [4.69, 9.17) is 4.74 Å². The van der Waals surface area contributed by atoms with Gasteiger partial charge in [-0.1, -0.05) is 26.0 Å². The van der Waals surface area contributed by atoms with E-state index in [0.717, 1.165) is 11.4 Å². The minimum Gasteiger partial charge on any atom is -0.497 e. The summed E-state index contributed by atoms with van der Waals surface area (Å²) in [6.45, 7) is 4.29. The van der Waals surface area contributed by atoms with Crippen LogP contribution in [0.3, 0.4) is 0 Å². The molecule has 0 fully saturated rings. The number of anilines is 1. The van der Waals surface area contributed by atoms with Crippen LogP contribution in [0.1, 0.15) is 35.7 Å². The number of rotatable bonds is 4. The lowest BCUT2D eigenvalue weighted by molar-refractivity contribution is 0.102. The molecule has 104 valence electrons. The molecule has 2 aromatic rings. The van der Waals surface area contributed by atoms with Crippen molar-refractivity contribution < 1.29 is 9.53 Å². The highest BCUT2D eigenvalue weighted by Gasteiger charge is 2.06. The highest BCUT2D eigenvalue weighted by atomic mass is 16.5. The van der Waals surface area contributed by atoms with E-state index in [2.05, 4.69) is 19.2 Å². The fourth-order valence-electron chi connectivity index (χ4n) is 1.90. The van der Waals surface area contributed by atoms with Gasteiger partial charge in [-0.2, -0.15) is 0 Å². The fourth-order valence-corrected chi connectivity index (χ4v) is 1.90. The van der Waals surface area contributed by atoms with Crippen LogP contribution in [0.25, 0.3) is 0 Å². The third kappa shape index (κ3) is 3.38. The Labute approximate surface area is 119 Å². The first-order valence-corrected chi connectivity index (χ1v) is 6.65. The molecule has 0 heterocycles. The van der Waals surface area contributed by atoms with Gasteiger partial charge in [-0.3, -0.25) is 4.79 Å². The van der Waals surface area contributed by atoms with Crippen molar-refractivity contribution in [2.75, 3.05) is 12.4 Å². The zero-order valence-corrected chi connectivity index (χ0v) is 12.0. The van der Waals surface area contributed by atoms with Gasteiger partial charge >= 0.3 is 0 Å². The number of nitrogens with one attached hydrogen (secondary N) is 1. The van der Waals surface area contributed by atoms with E-state index < -0.39 is 0 Å². The largest absolute Gasteiger partial charge is 0.497 e. The van der Waals surface area contributed by atoms with Gasteiger partial charge in [0.05, 0.1) is 7.11 Å². The van der Waals surface area contributed by atoms with Crippen molar-refractivity contribution in [3.8, 4) is 5.75 Å². The van der Waals surface area contributed by atoms with Crippen LogP contribution in [0.15, 0.2) is 48.5 Å². The maximum atomic E-state index is 12.1. The summed E-state index contributed by atoms with van der Waals surface area (Å²) in [4.78, 5) is 12.1. The predicted molar refractivity (Wildman–Crippen MR) is 81.5 cm³/mol. The van der Waals surface area contributed by atoms with E-state index in [1.54, 1.807) is 31.4 Å². The SMILES string of the molecule is COc1ccc(C(=O)Nc2ccc(C(C)C)cc2)cc1. The number of hydrogen-bond acceptors (Lipinski definition) is 2. The molecule has 2 aromatic carbocycles. The summed E-state index contributed by atoms with van der Waals surface area (Å²) in [5.41, 5.74) is 2.67. The Balaban J connectivity index is 2.06. The second-order valence-electron chi connectivity index (χ2n) is 4.96. The monoisotopic (exact) mass is 269 g/mol. The van der Waals surface area contributed by atoms with E-state index in [1.165, 1.54) is 5.56 Å². The van der Waals surface area contributed by atoms with Crippen LogP contribution in [0, 0.1) is 0 Å². The Morgan fingerprint density at radius 1 is 1.00 bits per heavy atom. The van der Waals surface area contributed by atoms with Gasteiger partial charge in [0.15, 0.2) is 0 Å².